The number of phenolic OH excluding ortho intramolecular Hbond substituents is 1. The van der Waals surface area contributed by atoms with Crippen LogP contribution in [-0.2, 0) is 13.0 Å². The molecular formula is C34H40ClN5O4. The number of hydrogen-bond acceptors (Lipinski definition) is 7. The van der Waals surface area contributed by atoms with Crippen molar-refractivity contribution in [2.45, 2.75) is 70.4 Å². The number of nitrogens with one attached hydrogen (secondary N) is 1. The highest BCUT2D eigenvalue weighted by Crippen LogP contribution is 2.47. The molecule has 0 unspecified atom stereocenters. The summed E-state index contributed by atoms with van der Waals surface area (Å²) in [7, 11) is 0. The molecule has 1 aliphatic heterocycles. The third-order valence-electron chi connectivity index (χ3n) is 9.75. The van der Waals surface area contributed by atoms with Gasteiger partial charge in [-0.3, -0.25) is 14.3 Å². The summed E-state index contributed by atoms with van der Waals surface area (Å²) in [5, 5.41) is 18.7. The van der Waals surface area contributed by atoms with Gasteiger partial charge in [0.15, 0.2) is 22.5 Å². The van der Waals surface area contributed by atoms with Gasteiger partial charge in [0.05, 0.1) is 5.39 Å². The Hall–Kier alpha value is -3.69. The van der Waals surface area contributed by atoms with E-state index in [-0.39, 0.29) is 39.4 Å². The minimum atomic E-state index is -0.478. The fourth-order valence-corrected chi connectivity index (χ4v) is 7.39. The van der Waals surface area contributed by atoms with Crippen LogP contribution in [0.2, 0.25) is 5.02 Å². The molecule has 2 aliphatic rings. The number of nitrogens with zero attached hydrogens (tertiary/aromatic N) is 4. The number of para-hydroxylation sites is 1. The van der Waals surface area contributed by atoms with Crippen LogP contribution in [-0.4, -0.2) is 56.4 Å². The second-order valence-electron chi connectivity index (χ2n) is 12.6. The summed E-state index contributed by atoms with van der Waals surface area (Å²) in [6.07, 6.45) is 13.6. The number of amides is 1. The topological polar surface area (TPSA) is 113 Å². The van der Waals surface area contributed by atoms with Gasteiger partial charge < -0.3 is 19.7 Å². The Morgan fingerprint density at radius 2 is 1.89 bits per heavy atom. The van der Waals surface area contributed by atoms with Crippen molar-refractivity contribution in [3.05, 3.63) is 87.8 Å². The van der Waals surface area contributed by atoms with Crippen LogP contribution in [0.5, 0.6) is 5.75 Å². The number of hydrogen-bond donors (Lipinski definition) is 2. The molecule has 2 aromatic carbocycles. The molecule has 2 aromatic heterocycles. The van der Waals surface area contributed by atoms with E-state index in [2.05, 4.69) is 20.3 Å². The van der Waals surface area contributed by atoms with E-state index in [1.54, 1.807) is 18.5 Å². The van der Waals surface area contributed by atoms with Gasteiger partial charge in [-0.05, 0) is 92.8 Å². The van der Waals surface area contributed by atoms with Gasteiger partial charge in [0.1, 0.15) is 12.7 Å². The standard InChI is InChI=1S/C34H40ClN5O4/c35-26-11-9-24(10-12-26)19-27(38-33(43)31-20-30(42)28-7-4-8-29(41)32(28)44-31)13-16-39-17-14-34(15-18-39,21-40-23-36-22-37-40)25-5-2-1-3-6-25/h4,7-12,20,22-23,25,27,41H,1-3,5-6,13-19,21H2,(H,38,43)/t27-/m1/s1. The lowest BCUT2D eigenvalue weighted by atomic mass is 9.63. The van der Waals surface area contributed by atoms with Crippen molar-refractivity contribution in [1.82, 2.24) is 25.0 Å². The van der Waals surface area contributed by atoms with E-state index >= 15 is 0 Å². The predicted molar refractivity (Wildman–Crippen MR) is 170 cm³/mol. The normalized spacial score (nSPS) is 18.3. The molecule has 44 heavy (non-hydrogen) atoms. The number of aromatic nitrogens is 3. The lowest BCUT2D eigenvalue weighted by Crippen LogP contribution is -2.48. The maximum atomic E-state index is 13.4. The van der Waals surface area contributed by atoms with Gasteiger partial charge in [-0.25, -0.2) is 4.98 Å². The molecule has 6 rings (SSSR count). The lowest BCUT2D eigenvalue weighted by Gasteiger charge is -2.48. The first-order chi connectivity index (χ1) is 21.4. The Labute approximate surface area is 262 Å². The van der Waals surface area contributed by atoms with E-state index in [0.717, 1.165) is 56.9 Å². The quantitative estimate of drug-likeness (QED) is 0.230. The van der Waals surface area contributed by atoms with Crippen LogP contribution in [0.4, 0.5) is 0 Å². The maximum absolute atomic E-state index is 13.4. The summed E-state index contributed by atoms with van der Waals surface area (Å²) >= 11 is 6.13. The lowest BCUT2D eigenvalue weighted by molar-refractivity contribution is 0.0104. The van der Waals surface area contributed by atoms with Crippen LogP contribution < -0.4 is 10.7 Å². The van der Waals surface area contributed by atoms with Crippen LogP contribution in [0, 0.1) is 11.3 Å². The Morgan fingerprint density at radius 3 is 2.61 bits per heavy atom. The van der Waals surface area contributed by atoms with Crippen LogP contribution in [0.15, 0.2) is 70.4 Å². The SMILES string of the molecule is O=C(N[C@H](CCN1CCC(Cn2cncn2)(C2CCCCC2)CC1)Cc1ccc(Cl)cc1)c1cc(=O)c2cccc(O)c2o1. The zero-order valence-corrected chi connectivity index (χ0v) is 25.7. The van der Waals surface area contributed by atoms with Gasteiger partial charge in [-0.2, -0.15) is 5.10 Å². The molecule has 2 N–H and O–H groups in total. The molecule has 10 heteroatoms. The predicted octanol–water partition coefficient (Wildman–Crippen LogP) is 5.84. The molecule has 0 radical (unpaired) electrons. The third kappa shape index (κ3) is 7.00. The van der Waals surface area contributed by atoms with E-state index in [4.69, 9.17) is 16.0 Å². The van der Waals surface area contributed by atoms with Gasteiger partial charge in [0, 0.05) is 30.2 Å². The number of piperidine rings is 1. The van der Waals surface area contributed by atoms with Crippen LogP contribution in [0.1, 0.15) is 67.5 Å². The minimum absolute atomic E-state index is 0.0139. The van der Waals surface area contributed by atoms with E-state index < -0.39 is 5.91 Å². The third-order valence-corrected chi connectivity index (χ3v) is 10.0. The van der Waals surface area contributed by atoms with Crippen LogP contribution >= 0.6 is 11.6 Å². The summed E-state index contributed by atoms with van der Waals surface area (Å²) in [6.45, 7) is 3.77. The van der Waals surface area contributed by atoms with Gasteiger partial charge in [-0.1, -0.05) is 49.1 Å². The number of benzene rings is 2. The highest BCUT2D eigenvalue weighted by atomic mass is 35.5. The van der Waals surface area contributed by atoms with Gasteiger partial charge in [-0.15, -0.1) is 0 Å². The van der Waals surface area contributed by atoms with Crippen molar-refractivity contribution in [3.8, 4) is 5.75 Å². The fraction of sp³-hybridized carbons (Fsp3) is 0.471. The number of aromatic hydroxyl groups is 1. The molecule has 1 saturated heterocycles. The van der Waals surface area contributed by atoms with E-state index in [1.807, 2.05) is 35.3 Å². The van der Waals surface area contributed by atoms with Crippen molar-refractivity contribution in [1.29, 1.82) is 0 Å². The van der Waals surface area contributed by atoms with Crippen molar-refractivity contribution in [3.63, 3.8) is 0 Å². The number of rotatable bonds is 10. The average Bonchev–Trinajstić information content (AvgIpc) is 3.55. The van der Waals surface area contributed by atoms with Crippen molar-refractivity contribution < 1.29 is 14.3 Å². The second kappa shape index (κ2) is 13.5. The Morgan fingerprint density at radius 1 is 1.11 bits per heavy atom. The summed E-state index contributed by atoms with van der Waals surface area (Å²) in [5.41, 5.74) is 0.933. The summed E-state index contributed by atoms with van der Waals surface area (Å²) < 4.78 is 7.74. The molecule has 1 saturated carbocycles. The number of likely N-dealkylation sites (tertiary alicyclic amines) is 1. The molecule has 1 atom stereocenters. The molecule has 9 nitrogen and oxygen atoms in total. The molecule has 4 aromatic rings. The Balaban J connectivity index is 1.14. The first-order valence-corrected chi connectivity index (χ1v) is 16.1. The zero-order valence-electron chi connectivity index (χ0n) is 25.0. The molecule has 2 fully saturated rings. The minimum Gasteiger partial charge on any atom is -0.504 e. The molecular weight excluding hydrogens is 578 g/mol. The number of fused-ring (bicyclic) bond motifs is 1. The first-order valence-electron chi connectivity index (χ1n) is 15.7. The molecule has 1 amide bonds. The second-order valence-corrected chi connectivity index (χ2v) is 13.0. The molecule has 0 spiro atoms. The van der Waals surface area contributed by atoms with Gasteiger partial charge in [0.2, 0.25) is 0 Å². The summed E-state index contributed by atoms with van der Waals surface area (Å²) in [6, 6.07) is 13.2. The molecule has 0 bridgehead atoms. The number of carbonyl (C=O) groups excluding carboxylic acids is 1. The Kier molecular flexibility index (Phi) is 9.33. The monoisotopic (exact) mass is 617 g/mol. The molecule has 3 heterocycles. The van der Waals surface area contributed by atoms with E-state index in [1.165, 1.54) is 44.2 Å². The van der Waals surface area contributed by atoms with Gasteiger partial charge >= 0.3 is 0 Å². The highest BCUT2D eigenvalue weighted by Gasteiger charge is 2.42. The maximum Gasteiger partial charge on any atom is 0.287 e. The van der Waals surface area contributed by atoms with Crippen LogP contribution in [0.3, 0.4) is 0 Å². The summed E-state index contributed by atoms with van der Waals surface area (Å²) in [5.74, 6) is -0.0526. The van der Waals surface area contributed by atoms with E-state index in [9.17, 15) is 14.7 Å². The largest absolute Gasteiger partial charge is 0.504 e. The number of halogens is 1. The van der Waals surface area contributed by atoms with Crippen molar-refractivity contribution in [2.24, 2.45) is 11.3 Å². The number of carbonyl (C=O) groups is 1. The smallest absolute Gasteiger partial charge is 0.287 e. The van der Waals surface area contributed by atoms with Crippen molar-refractivity contribution >= 4 is 28.5 Å². The van der Waals surface area contributed by atoms with E-state index in [0.29, 0.717) is 11.4 Å². The zero-order chi connectivity index (χ0) is 30.5. The van der Waals surface area contributed by atoms with Crippen molar-refractivity contribution in [2.75, 3.05) is 19.6 Å². The van der Waals surface area contributed by atoms with Gasteiger partial charge in [0.25, 0.3) is 5.91 Å². The molecule has 1 aliphatic carbocycles. The van der Waals surface area contributed by atoms with Crippen LogP contribution in [0.25, 0.3) is 11.0 Å². The fourth-order valence-electron chi connectivity index (χ4n) is 7.27. The average molecular weight is 618 g/mol. The highest BCUT2D eigenvalue weighted by molar-refractivity contribution is 6.30. The number of phenols is 1. The first kappa shape index (κ1) is 30.3. The molecule has 232 valence electrons. The Bertz CT molecular complexity index is 1610. The summed E-state index contributed by atoms with van der Waals surface area (Å²) in [4.78, 5) is 32.8.